The van der Waals surface area contributed by atoms with Crippen LogP contribution in [0.3, 0.4) is 0 Å². The summed E-state index contributed by atoms with van der Waals surface area (Å²) in [4.78, 5) is 23.6. The standard InChI is InChI=1S/C26H33N3O3/c1-25(2,3)22-11-9-21(10-12-22)23-19-26(32-28-23)14-17-29(18-15-26)31-24(30)27-16-13-20-7-5-4-6-8-20/h4-12,19,28H,13-18H2,1-3H3,(H,27,30). The highest BCUT2D eigenvalue weighted by molar-refractivity contribution is 5.67. The Hall–Kier alpha value is -2.83. The molecule has 2 aromatic rings. The first-order chi connectivity index (χ1) is 15.3. The highest BCUT2D eigenvalue weighted by Gasteiger charge is 2.39. The number of amides is 1. The maximum absolute atomic E-state index is 12.1. The summed E-state index contributed by atoms with van der Waals surface area (Å²) in [6.07, 6.45) is 4.05. The maximum Gasteiger partial charge on any atom is 0.426 e. The third-order valence-electron chi connectivity index (χ3n) is 6.14. The van der Waals surface area contributed by atoms with E-state index in [1.807, 2.05) is 30.3 Å². The van der Waals surface area contributed by atoms with Crippen molar-refractivity contribution in [1.29, 1.82) is 0 Å². The SMILES string of the molecule is CC(C)(C)c1ccc(C2=CC3(CCN(OC(=O)NCCc4ccccc4)CC3)ON2)cc1. The van der Waals surface area contributed by atoms with E-state index < -0.39 is 6.09 Å². The second kappa shape index (κ2) is 9.35. The molecule has 32 heavy (non-hydrogen) atoms. The minimum atomic E-state index is -0.405. The normalized spacial score (nSPS) is 18.2. The lowest BCUT2D eigenvalue weighted by Gasteiger charge is -2.35. The Bertz CT molecular complexity index is 941. The summed E-state index contributed by atoms with van der Waals surface area (Å²) in [5, 5.41) is 4.54. The van der Waals surface area contributed by atoms with E-state index in [9.17, 15) is 4.79 Å². The molecule has 0 radical (unpaired) electrons. The smallest absolute Gasteiger partial charge is 0.351 e. The monoisotopic (exact) mass is 435 g/mol. The molecule has 0 atom stereocenters. The van der Waals surface area contributed by atoms with E-state index in [-0.39, 0.29) is 11.0 Å². The minimum Gasteiger partial charge on any atom is -0.351 e. The van der Waals surface area contributed by atoms with E-state index in [1.165, 1.54) is 11.1 Å². The van der Waals surface area contributed by atoms with Gasteiger partial charge in [-0.3, -0.25) is 10.3 Å². The summed E-state index contributed by atoms with van der Waals surface area (Å²) in [5.41, 5.74) is 7.50. The zero-order valence-corrected chi connectivity index (χ0v) is 19.2. The van der Waals surface area contributed by atoms with E-state index in [1.54, 1.807) is 5.06 Å². The molecule has 2 aromatic carbocycles. The highest BCUT2D eigenvalue weighted by atomic mass is 16.7. The fourth-order valence-electron chi connectivity index (χ4n) is 4.08. The quantitative estimate of drug-likeness (QED) is 0.720. The Morgan fingerprint density at radius 3 is 2.44 bits per heavy atom. The van der Waals surface area contributed by atoms with Crippen molar-refractivity contribution in [3.05, 3.63) is 77.4 Å². The number of benzene rings is 2. The molecular weight excluding hydrogens is 402 g/mol. The summed E-state index contributed by atoms with van der Waals surface area (Å²) in [5.74, 6) is 0. The third-order valence-corrected chi connectivity index (χ3v) is 6.14. The second-order valence-electron chi connectivity index (χ2n) is 9.62. The number of nitrogens with one attached hydrogen (secondary N) is 2. The van der Waals surface area contributed by atoms with Crippen molar-refractivity contribution in [2.45, 2.75) is 51.0 Å². The summed E-state index contributed by atoms with van der Waals surface area (Å²) < 4.78 is 0. The number of rotatable bonds is 5. The Kier molecular flexibility index (Phi) is 6.53. The number of piperidine rings is 1. The molecule has 0 aliphatic carbocycles. The van der Waals surface area contributed by atoms with Crippen molar-refractivity contribution in [2.75, 3.05) is 19.6 Å². The second-order valence-corrected chi connectivity index (χ2v) is 9.62. The first-order valence-electron chi connectivity index (χ1n) is 11.4. The van der Waals surface area contributed by atoms with Gasteiger partial charge in [-0.15, -0.1) is 5.06 Å². The number of hydrogen-bond acceptors (Lipinski definition) is 5. The molecule has 1 fully saturated rings. The van der Waals surface area contributed by atoms with Crippen LogP contribution in [0.15, 0.2) is 60.7 Å². The molecule has 6 nitrogen and oxygen atoms in total. The van der Waals surface area contributed by atoms with Gasteiger partial charge >= 0.3 is 6.09 Å². The van der Waals surface area contributed by atoms with Crippen molar-refractivity contribution >= 4 is 11.8 Å². The number of carbonyl (C=O) groups excluding carboxylic acids is 1. The van der Waals surface area contributed by atoms with Gasteiger partial charge < -0.3 is 10.2 Å². The average Bonchev–Trinajstić information content (AvgIpc) is 3.19. The molecule has 2 N–H and O–H groups in total. The van der Waals surface area contributed by atoms with Gasteiger partial charge in [0.1, 0.15) is 5.60 Å². The lowest BCUT2D eigenvalue weighted by atomic mass is 9.86. The largest absolute Gasteiger partial charge is 0.426 e. The fourth-order valence-corrected chi connectivity index (χ4v) is 4.08. The van der Waals surface area contributed by atoms with Gasteiger partial charge in [0, 0.05) is 19.6 Å². The van der Waals surface area contributed by atoms with Crippen LogP contribution in [-0.2, 0) is 21.5 Å². The molecular formula is C26H33N3O3. The lowest BCUT2D eigenvalue weighted by Crippen LogP contribution is -2.46. The van der Waals surface area contributed by atoms with Crippen LogP contribution in [0.25, 0.3) is 5.70 Å². The topological polar surface area (TPSA) is 62.8 Å². The van der Waals surface area contributed by atoms with Crippen molar-refractivity contribution in [1.82, 2.24) is 15.9 Å². The van der Waals surface area contributed by atoms with E-state index in [4.69, 9.17) is 9.68 Å². The molecule has 4 rings (SSSR count). The molecule has 0 unspecified atom stereocenters. The van der Waals surface area contributed by atoms with Crippen LogP contribution in [0, 0.1) is 0 Å². The van der Waals surface area contributed by atoms with Crippen LogP contribution in [0.1, 0.15) is 50.3 Å². The van der Waals surface area contributed by atoms with Gasteiger partial charge in [-0.2, -0.15) is 0 Å². The number of hydrogen-bond donors (Lipinski definition) is 2. The molecule has 0 saturated carbocycles. The van der Waals surface area contributed by atoms with E-state index in [0.29, 0.717) is 19.6 Å². The van der Waals surface area contributed by atoms with Crippen LogP contribution >= 0.6 is 0 Å². The van der Waals surface area contributed by atoms with Gasteiger partial charge in [-0.25, -0.2) is 4.79 Å². The average molecular weight is 436 g/mol. The Balaban J connectivity index is 1.25. The Morgan fingerprint density at radius 2 is 1.78 bits per heavy atom. The van der Waals surface area contributed by atoms with Crippen molar-refractivity contribution in [2.24, 2.45) is 0 Å². The molecule has 6 heteroatoms. The van der Waals surface area contributed by atoms with Gasteiger partial charge in [0.25, 0.3) is 0 Å². The van der Waals surface area contributed by atoms with Gasteiger partial charge in [0.05, 0.1) is 5.70 Å². The van der Waals surface area contributed by atoms with Gasteiger partial charge in [0.15, 0.2) is 0 Å². The molecule has 1 spiro atoms. The molecule has 2 heterocycles. The fraction of sp³-hybridized carbons (Fsp3) is 0.423. The minimum absolute atomic E-state index is 0.133. The zero-order valence-electron chi connectivity index (χ0n) is 19.2. The number of nitrogens with zero attached hydrogens (tertiary/aromatic N) is 1. The van der Waals surface area contributed by atoms with Crippen molar-refractivity contribution < 1.29 is 14.5 Å². The summed E-state index contributed by atoms with van der Waals surface area (Å²) >= 11 is 0. The molecule has 2 aliphatic heterocycles. The Labute approximate surface area is 190 Å². The lowest BCUT2D eigenvalue weighted by molar-refractivity contribution is -0.156. The summed E-state index contributed by atoms with van der Waals surface area (Å²) in [6, 6.07) is 18.7. The van der Waals surface area contributed by atoms with Crippen LogP contribution in [0.5, 0.6) is 0 Å². The van der Waals surface area contributed by atoms with Crippen LogP contribution in [-0.4, -0.2) is 36.4 Å². The molecule has 1 saturated heterocycles. The van der Waals surface area contributed by atoms with Crippen LogP contribution in [0.2, 0.25) is 0 Å². The first-order valence-corrected chi connectivity index (χ1v) is 11.4. The number of hydroxylamine groups is 3. The third kappa shape index (κ3) is 5.50. The highest BCUT2D eigenvalue weighted by Crippen LogP contribution is 2.35. The summed E-state index contributed by atoms with van der Waals surface area (Å²) in [7, 11) is 0. The van der Waals surface area contributed by atoms with Gasteiger partial charge in [-0.05, 0) is 47.4 Å². The van der Waals surface area contributed by atoms with Crippen LogP contribution < -0.4 is 10.8 Å². The molecule has 0 bridgehead atoms. The zero-order chi connectivity index (χ0) is 22.6. The molecule has 170 valence electrons. The van der Waals surface area contributed by atoms with Crippen molar-refractivity contribution in [3.8, 4) is 0 Å². The predicted octanol–water partition coefficient (Wildman–Crippen LogP) is 4.58. The van der Waals surface area contributed by atoms with E-state index in [0.717, 1.165) is 30.5 Å². The molecule has 2 aliphatic rings. The van der Waals surface area contributed by atoms with Crippen molar-refractivity contribution in [3.63, 3.8) is 0 Å². The number of carbonyl (C=O) groups is 1. The molecule has 1 amide bonds. The summed E-state index contributed by atoms with van der Waals surface area (Å²) in [6.45, 7) is 8.45. The Morgan fingerprint density at radius 1 is 1.09 bits per heavy atom. The van der Waals surface area contributed by atoms with E-state index in [2.05, 4.69) is 61.9 Å². The van der Waals surface area contributed by atoms with Gasteiger partial charge in [-0.1, -0.05) is 75.4 Å². The predicted molar refractivity (Wildman–Crippen MR) is 126 cm³/mol. The van der Waals surface area contributed by atoms with E-state index >= 15 is 0 Å². The van der Waals surface area contributed by atoms with Gasteiger partial charge in [0.2, 0.25) is 0 Å². The van der Waals surface area contributed by atoms with Crippen LogP contribution in [0.4, 0.5) is 4.79 Å². The maximum atomic E-state index is 12.1. The molecule has 0 aromatic heterocycles. The first kappa shape index (κ1) is 22.4.